The molecule has 0 aliphatic carbocycles. The van der Waals surface area contributed by atoms with Crippen molar-refractivity contribution < 1.29 is 52.8 Å². The molecule has 3 unspecified atom stereocenters. The van der Waals surface area contributed by atoms with Gasteiger partial charge in [-0.05, 0) is 45.0 Å². The molecule has 0 heterocycles. The van der Waals surface area contributed by atoms with Crippen molar-refractivity contribution in [3.05, 3.63) is 34.4 Å². The smallest absolute Gasteiger partial charge is 0.352 e. The van der Waals surface area contributed by atoms with Crippen LogP contribution in [-0.4, -0.2) is 59.8 Å². The minimum Gasteiger partial charge on any atom is -0.449 e. The molecule has 0 aliphatic heterocycles. The Balaban J connectivity index is 2.50. The first kappa shape index (κ1) is 26.8. The molecule has 180 valence electrons. The number of benzene rings is 1. The van der Waals surface area contributed by atoms with E-state index in [0.717, 1.165) is 13.8 Å². The average Bonchev–Trinajstić information content (AvgIpc) is 2.72. The largest absolute Gasteiger partial charge is 0.449 e. The maximum atomic E-state index is 12.1. The molecular weight excluding hydrogens is 448 g/mol. The van der Waals surface area contributed by atoms with Crippen LogP contribution < -0.4 is 10.1 Å². The van der Waals surface area contributed by atoms with Crippen molar-refractivity contribution in [1.82, 2.24) is 0 Å². The monoisotopic (exact) mass is 470 g/mol. The van der Waals surface area contributed by atoms with Crippen LogP contribution in [-0.2, 0) is 43.0 Å². The molecule has 1 N–H and O–H groups in total. The highest BCUT2D eigenvalue weighted by Gasteiger charge is 2.28. The van der Waals surface area contributed by atoms with Crippen molar-refractivity contribution in [2.45, 2.75) is 46.0 Å². The van der Waals surface area contributed by atoms with E-state index >= 15 is 0 Å². The Morgan fingerprint density at radius 2 is 1.36 bits per heavy atom. The number of carbonyl (C=O) groups is 5. The minimum absolute atomic E-state index is 0.133. The molecule has 0 saturated heterocycles. The van der Waals surface area contributed by atoms with Crippen LogP contribution in [0.15, 0.2) is 24.3 Å². The molecule has 0 saturated carbocycles. The summed E-state index contributed by atoms with van der Waals surface area (Å²) in [6.45, 7) is 3.81. The number of hydrogen-bond acceptors (Lipinski definition) is 12. The third kappa shape index (κ3) is 10.1. The van der Waals surface area contributed by atoms with E-state index in [-0.39, 0.29) is 11.7 Å². The lowest BCUT2D eigenvalue weighted by Crippen LogP contribution is -2.37. The van der Waals surface area contributed by atoms with Crippen LogP contribution in [0.4, 0.5) is 5.69 Å². The second kappa shape index (κ2) is 12.6. The number of carbonyl (C=O) groups excluding carboxylic acids is 5. The Bertz CT molecular complexity index is 899. The van der Waals surface area contributed by atoms with Gasteiger partial charge in [-0.15, -0.1) is 10.1 Å². The van der Waals surface area contributed by atoms with Crippen molar-refractivity contribution in [3.8, 4) is 5.75 Å². The predicted molar refractivity (Wildman–Crippen MR) is 106 cm³/mol. The van der Waals surface area contributed by atoms with E-state index in [1.807, 2.05) is 0 Å². The second-order valence-electron chi connectivity index (χ2n) is 6.41. The van der Waals surface area contributed by atoms with Gasteiger partial charge in [-0.3, -0.25) is 4.79 Å². The van der Waals surface area contributed by atoms with Gasteiger partial charge in [0.15, 0.2) is 24.9 Å². The molecule has 3 atom stereocenters. The molecule has 1 amide bonds. The first-order valence-electron chi connectivity index (χ1n) is 9.36. The standard InChI is InChI=1S/C19H22N2O12/c1-10(30-16(23)9-29-21(27)28)17(24)31-11(2)18(25)32-12(3)19(26)33-15-7-5-14(6-8-15)20-13(4)22/h5-8,10-12H,9H2,1-4H3,(H,20,22). The lowest BCUT2D eigenvalue weighted by molar-refractivity contribution is -0.754. The fraction of sp³-hybridized carbons (Fsp3) is 0.421. The van der Waals surface area contributed by atoms with Crippen LogP contribution >= 0.6 is 0 Å². The Morgan fingerprint density at radius 1 is 0.879 bits per heavy atom. The molecule has 1 aromatic carbocycles. The van der Waals surface area contributed by atoms with E-state index < -0.39 is 53.9 Å². The van der Waals surface area contributed by atoms with Gasteiger partial charge in [0.2, 0.25) is 5.91 Å². The first-order valence-corrected chi connectivity index (χ1v) is 9.36. The maximum Gasteiger partial charge on any atom is 0.352 e. The zero-order chi connectivity index (χ0) is 25.1. The van der Waals surface area contributed by atoms with Crippen molar-refractivity contribution in [2.75, 3.05) is 11.9 Å². The van der Waals surface area contributed by atoms with E-state index in [1.54, 1.807) is 0 Å². The van der Waals surface area contributed by atoms with Gasteiger partial charge in [0.05, 0.1) is 0 Å². The summed E-state index contributed by atoms with van der Waals surface area (Å²) in [6, 6.07) is 5.84. The van der Waals surface area contributed by atoms with Crippen LogP contribution in [0, 0.1) is 10.1 Å². The third-order valence-corrected chi connectivity index (χ3v) is 3.57. The van der Waals surface area contributed by atoms with Gasteiger partial charge in [0.25, 0.3) is 5.09 Å². The number of nitrogens with zero attached hydrogens (tertiary/aromatic N) is 1. The van der Waals surface area contributed by atoms with E-state index in [4.69, 9.17) is 14.2 Å². The van der Waals surface area contributed by atoms with E-state index in [1.165, 1.54) is 38.1 Å². The summed E-state index contributed by atoms with van der Waals surface area (Å²) in [5.41, 5.74) is 0.489. The van der Waals surface area contributed by atoms with E-state index in [9.17, 15) is 34.1 Å². The summed E-state index contributed by atoms with van der Waals surface area (Å²) in [7, 11) is 0. The Kier molecular flexibility index (Phi) is 10.2. The summed E-state index contributed by atoms with van der Waals surface area (Å²) in [5.74, 6) is -4.47. The number of nitrogens with one attached hydrogen (secondary N) is 1. The van der Waals surface area contributed by atoms with Crippen molar-refractivity contribution in [2.24, 2.45) is 0 Å². The maximum absolute atomic E-state index is 12.1. The Morgan fingerprint density at radius 3 is 1.85 bits per heavy atom. The summed E-state index contributed by atoms with van der Waals surface area (Å²) >= 11 is 0. The number of ether oxygens (including phenoxy) is 4. The fourth-order valence-corrected chi connectivity index (χ4v) is 2.03. The number of anilines is 1. The molecule has 0 radical (unpaired) electrons. The van der Waals surface area contributed by atoms with Gasteiger partial charge in [0, 0.05) is 12.6 Å². The molecule has 1 aromatic rings. The van der Waals surface area contributed by atoms with Crippen molar-refractivity contribution >= 4 is 35.5 Å². The summed E-state index contributed by atoms with van der Waals surface area (Å²) in [5, 5.41) is 11.3. The normalized spacial score (nSPS) is 12.8. The van der Waals surface area contributed by atoms with Gasteiger partial charge in [-0.25, -0.2) is 19.2 Å². The Hall–Kier alpha value is -4.23. The molecule has 14 nitrogen and oxygen atoms in total. The van der Waals surface area contributed by atoms with Crippen molar-refractivity contribution in [3.63, 3.8) is 0 Å². The van der Waals surface area contributed by atoms with Gasteiger partial charge in [-0.1, -0.05) is 0 Å². The average molecular weight is 470 g/mol. The number of amides is 1. The molecule has 33 heavy (non-hydrogen) atoms. The highest BCUT2D eigenvalue weighted by molar-refractivity contribution is 5.89. The van der Waals surface area contributed by atoms with Crippen LogP contribution in [0.2, 0.25) is 0 Å². The molecular formula is C19H22N2O12. The lowest BCUT2D eigenvalue weighted by atomic mass is 10.3. The van der Waals surface area contributed by atoms with Crippen LogP contribution in [0.1, 0.15) is 27.7 Å². The molecule has 1 rings (SSSR count). The SMILES string of the molecule is CC(=O)Nc1ccc(OC(=O)C(C)OC(=O)C(C)OC(=O)C(C)OC(=O)CO[N+](=O)[O-])cc1. The molecule has 0 bridgehead atoms. The third-order valence-electron chi connectivity index (χ3n) is 3.57. The second-order valence-corrected chi connectivity index (χ2v) is 6.41. The molecule has 0 fully saturated rings. The van der Waals surface area contributed by atoms with Crippen LogP contribution in [0.5, 0.6) is 5.75 Å². The van der Waals surface area contributed by atoms with Gasteiger partial charge < -0.3 is 29.1 Å². The quantitative estimate of drug-likeness (QED) is 0.156. The van der Waals surface area contributed by atoms with Crippen molar-refractivity contribution in [1.29, 1.82) is 0 Å². The topological polar surface area (TPSA) is 187 Å². The zero-order valence-corrected chi connectivity index (χ0v) is 18.1. The summed E-state index contributed by atoms with van der Waals surface area (Å²) in [4.78, 5) is 72.2. The number of hydrogen-bond donors (Lipinski definition) is 1. The zero-order valence-electron chi connectivity index (χ0n) is 18.1. The molecule has 0 spiro atoms. The summed E-state index contributed by atoms with van der Waals surface area (Å²) < 4.78 is 19.3. The Labute approximate surface area is 187 Å². The number of esters is 4. The molecule has 0 aliphatic rings. The molecule has 0 aromatic heterocycles. The fourth-order valence-electron chi connectivity index (χ4n) is 2.03. The highest BCUT2D eigenvalue weighted by Crippen LogP contribution is 2.16. The minimum atomic E-state index is -1.49. The lowest BCUT2D eigenvalue weighted by Gasteiger charge is -2.18. The van der Waals surface area contributed by atoms with Crippen LogP contribution in [0.3, 0.4) is 0 Å². The van der Waals surface area contributed by atoms with Gasteiger partial charge in [0.1, 0.15) is 5.75 Å². The number of rotatable bonds is 11. The summed E-state index contributed by atoms with van der Waals surface area (Å²) in [6.07, 6.45) is -4.32. The van der Waals surface area contributed by atoms with Gasteiger partial charge >= 0.3 is 23.9 Å². The van der Waals surface area contributed by atoms with Gasteiger partial charge in [-0.2, -0.15) is 0 Å². The van der Waals surface area contributed by atoms with E-state index in [2.05, 4.69) is 14.9 Å². The van der Waals surface area contributed by atoms with E-state index in [0.29, 0.717) is 5.69 Å². The molecule has 14 heteroatoms. The first-order chi connectivity index (χ1) is 15.4. The van der Waals surface area contributed by atoms with Crippen LogP contribution in [0.25, 0.3) is 0 Å². The predicted octanol–water partition coefficient (Wildman–Crippen LogP) is 0.554. The highest BCUT2D eigenvalue weighted by atomic mass is 17.0.